The molecule has 1 aliphatic heterocycles. The van der Waals surface area contributed by atoms with Crippen LogP contribution in [0.4, 0.5) is 10.3 Å². The molecule has 7 nitrogen and oxygen atoms in total. The molecular weight excluding hydrogens is 533 g/mol. The summed E-state index contributed by atoms with van der Waals surface area (Å²) in [6.45, 7) is 10.1. The van der Waals surface area contributed by atoms with Gasteiger partial charge in [0.05, 0.1) is 41.2 Å². The lowest BCUT2D eigenvalue weighted by atomic mass is 9.87. The van der Waals surface area contributed by atoms with Crippen molar-refractivity contribution in [3.8, 4) is 11.3 Å². The molecule has 2 N–H and O–H groups in total. The van der Waals surface area contributed by atoms with E-state index in [4.69, 9.17) is 9.72 Å². The SMILES string of the molecule is CC(Nc1ncc(F)c(C2C(=O)NC[C@@H]2[C@@H](C)OC(C)(C)C)n1)c1nc(-c2ccc(Br)cc2)cs1. The van der Waals surface area contributed by atoms with Crippen molar-refractivity contribution >= 4 is 39.1 Å². The van der Waals surface area contributed by atoms with Crippen LogP contribution in [-0.4, -0.2) is 39.1 Å². The number of aromatic nitrogens is 3. The number of halogens is 2. The van der Waals surface area contributed by atoms with Gasteiger partial charge in [-0.1, -0.05) is 28.1 Å². The van der Waals surface area contributed by atoms with Gasteiger partial charge in [-0.2, -0.15) is 0 Å². The fraction of sp³-hybridized carbons (Fsp3) is 0.440. The van der Waals surface area contributed by atoms with E-state index in [1.807, 2.05) is 64.3 Å². The summed E-state index contributed by atoms with van der Waals surface area (Å²) in [4.78, 5) is 26.0. The van der Waals surface area contributed by atoms with E-state index >= 15 is 0 Å². The Morgan fingerprint density at radius 3 is 2.63 bits per heavy atom. The van der Waals surface area contributed by atoms with Crippen molar-refractivity contribution in [2.75, 3.05) is 11.9 Å². The number of nitrogens with zero attached hydrogens (tertiary/aromatic N) is 3. The molecule has 0 saturated carbocycles. The second-order valence-electron chi connectivity index (χ2n) is 9.69. The maximum atomic E-state index is 14.9. The van der Waals surface area contributed by atoms with E-state index in [-0.39, 0.29) is 41.2 Å². The quantitative estimate of drug-likeness (QED) is 0.384. The molecule has 0 bridgehead atoms. The number of rotatable bonds is 7. The molecular formula is C25H29BrFN5O2S. The second kappa shape index (κ2) is 10.3. The Kier molecular flexibility index (Phi) is 7.54. The summed E-state index contributed by atoms with van der Waals surface area (Å²) >= 11 is 4.97. The Labute approximate surface area is 217 Å². The zero-order valence-corrected chi connectivity index (χ0v) is 22.7. The van der Waals surface area contributed by atoms with Gasteiger partial charge in [-0.05, 0) is 46.8 Å². The average Bonchev–Trinajstić information content (AvgIpc) is 3.42. The molecule has 0 radical (unpaired) electrons. The van der Waals surface area contributed by atoms with Gasteiger partial charge in [-0.3, -0.25) is 4.79 Å². The summed E-state index contributed by atoms with van der Waals surface area (Å²) in [5, 5.41) is 8.90. The molecule has 2 aromatic heterocycles. The number of thiazole rings is 1. The molecule has 3 aromatic rings. The van der Waals surface area contributed by atoms with Crippen LogP contribution in [0.5, 0.6) is 0 Å². The Hall–Kier alpha value is -2.43. The molecule has 2 unspecified atom stereocenters. The van der Waals surface area contributed by atoms with Crippen molar-refractivity contribution in [2.45, 2.75) is 58.3 Å². The van der Waals surface area contributed by atoms with Gasteiger partial charge in [-0.25, -0.2) is 19.3 Å². The van der Waals surface area contributed by atoms with Crippen LogP contribution in [0.25, 0.3) is 11.3 Å². The van der Waals surface area contributed by atoms with E-state index in [0.717, 1.165) is 26.9 Å². The molecule has 3 heterocycles. The summed E-state index contributed by atoms with van der Waals surface area (Å²) in [5.74, 6) is -1.61. The third-order valence-electron chi connectivity index (χ3n) is 5.81. The van der Waals surface area contributed by atoms with E-state index in [0.29, 0.717) is 6.54 Å². The van der Waals surface area contributed by atoms with Crippen molar-refractivity contribution in [3.63, 3.8) is 0 Å². The first kappa shape index (κ1) is 25.7. The van der Waals surface area contributed by atoms with E-state index < -0.39 is 11.7 Å². The predicted molar refractivity (Wildman–Crippen MR) is 139 cm³/mol. The van der Waals surface area contributed by atoms with Gasteiger partial charge in [0.15, 0.2) is 5.82 Å². The summed E-state index contributed by atoms with van der Waals surface area (Å²) in [5.41, 5.74) is 1.59. The Bertz CT molecular complexity index is 1200. The number of hydrogen-bond donors (Lipinski definition) is 2. The Morgan fingerprint density at radius 1 is 1.23 bits per heavy atom. The highest BCUT2D eigenvalue weighted by Gasteiger charge is 2.43. The van der Waals surface area contributed by atoms with Crippen molar-refractivity contribution in [2.24, 2.45) is 5.92 Å². The van der Waals surface area contributed by atoms with Crippen LogP contribution in [0.2, 0.25) is 0 Å². The molecule has 1 saturated heterocycles. The van der Waals surface area contributed by atoms with E-state index in [1.54, 1.807) is 0 Å². The predicted octanol–water partition coefficient (Wildman–Crippen LogP) is 5.71. The lowest BCUT2D eigenvalue weighted by molar-refractivity contribution is -0.122. The summed E-state index contributed by atoms with van der Waals surface area (Å²) in [6.07, 6.45) is 0.848. The fourth-order valence-electron chi connectivity index (χ4n) is 4.21. The van der Waals surface area contributed by atoms with Crippen LogP contribution in [0.3, 0.4) is 0 Å². The van der Waals surface area contributed by atoms with E-state index in [2.05, 4.69) is 36.5 Å². The van der Waals surface area contributed by atoms with E-state index in [9.17, 15) is 9.18 Å². The molecule has 4 atom stereocenters. The topological polar surface area (TPSA) is 89.0 Å². The summed E-state index contributed by atoms with van der Waals surface area (Å²) in [6, 6.07) is 7.75. The zero-order valence-electron chi connectivity index (χ0n) is 20.3. The van der Waals surface area contributed by atoms with Crippen LogP contribution in [-0.2, 0) is 9.53 Å². The normalized spacial score (nSPS) is 19.9. The number of amides is 1. The van der Waals surface area contributed by atoms with Crippen LogP contribution < -0.4 is 10.6 Å². The summed E-state index contributed by atoms with van der Waals surface area (Å²) in [7, 11) is 0. The summed E-state index contributed by atoms with van der Waals surface area (Å²) < 4.78 is 21.9. The number of ether oxygens (including phenoxy) is 1. The minimum atomic E-state index is -0.755. The third-order valence-corrected chi connectivity index (χ3v) is 7.36. The van der Waals surface area contributed by atoms with Crippen molar-refractivity contribution in [1.82, 2.24) is 20.3 Å². The molecule has 1 aromatic carbocycles. The van der Waals surface area contributed by atoms with Gasteiger partial charge in [0.1, 0.15) is 5.01 Å². The molecule has 1 aliphatic rings. The maximum absolute atomic E-state index is 14.9. The standard InChI is InChI=1S/C25H29BrFN5O2S/c1-13(23-31-19(12-35-23)15-6-8-16(26)9-7-15)30-24-29-11-18(27)21(32-24)20-17(10-28-22(20)33)14(2)34-25(3,4)5/h6-9,11-14,17,20H,10H2,1-5H3,(H,28,33)(H,29,30,32)/t13?,14-,17-,20?/m1/s1. The monoisotopic (exact) mass is 561 g/mol. The third kappa shape index (κ3) is 6.05. The molecule has 0 spiro atoms. The van der Waals surface area contributed by atoms with Crippen LogP contribution in [0.15, 0.2) is 40.3 Å². The first-order valence-corrected chi connectivity index (χ1v) is 13.1. The molecule has 0 aliphatic carbocycles. The molecule has 10 heteroatoms. The van der Waals surface area contributed by atoms with Gasteiger partial charge in [0, 0.05) is 27.9 Å². The fourth-order valence-corrected chi connectivity index (χ4v) is 5.31. The largest absolute Gasteiger partial charge is 0.373 e. The highest BCUT2D eigenvalue weighted by atomic mass is 79.9. The number of carbonyl (C=O) groups is 1. The minimum Gasteiger partial charge on any atom is -0.373 e. The first-order chi connectivity index (χ1) is 16.5. The average molecular weight is 563 g/mol. The van der Waals surface area contributed by atoms with Gasteiger partial charge in [-0.15, -0.1) is 11.3 Å². The minimum absolute atomic E-state index is 0.0775. The number of nitrogens with one attached hydrogen (secondary N) is 2. The second-order valence-corrected chi connectivity index (χ2v) is 11.5. The number of hydrogen-bond acceptors (Lipinski definition) is 7. The lowest BCUT2D eigenvalue weighted by Gasteiger charge is -2.30. The highest BCUT2D eigenvalue weighted by molar-refractivity contribution is 9.10. The van der Waals surface area contributed by atoms with Crippen LogP contribution in [0, 0.1) is 11.7 Å². The van der Waals surface area contributed by atoms with Gasteiger partial charge >= 0.3 is 0 Å². The molecule has 186 valence electrons. The van der Waals surface area contributed by atoms with Crippen molar-refractivity contribution in [1.29, 1.82) is 0 Å². The number of benzene rings is 1. The number of anilines is 1. The molecule has 1 amide bonds. The maximum Gasteiger partial charge on any atom is 0.229 e. The lowest BCUT2D eigenvalue weighted by Crippen LogP contribution is -2.34. The molecule has 1 fully saturated rings. The van der Waals surface area contributed by atoms with Gasteiger partial charge in [0.2, 0.25) is 11.9 Å². The van der Waals surface area contributed by atoms with Crippen molar-refractivity contribution in [3.05, 3.63) is 56.8 Å². The van der Waals surface area contributed by atoms with Crippen LogP contribution in [0.1, 0.15) is 57.3 Å². The van der Waals surface area contributed by atoms with Gasteiger partial charge < -0.3 is 15.4 Å². The van der Waals surface area contributed by atoms with Crippen LogP contribution >= 0.6 is 27.3 Å². The highest BCUT2D eigenvalue weighted by Crippen LogP contribution is 2.35. The Balaban J connectivity index is 1.53. The first-order valence-electron chi connectivity index (χ1n) is 11.5. The van der Waals surface area contributed by atoms with E-state index in [1.165, 1.54) is 11.3 Å². The van der Waals surface area contributed by atoms with Crippen molar-refractivity contribution < 1.29 is 13.9 Å². The molecule has 35 heavy (non-hydrogen) atoms. The Morgan fingerprint density at radius 2 is 1.94 bits per heavy atom. The van der Waals surface area contributed by atoms with Gasteiger partial charge in [0.25, 0.3) is 0 Å². The zero-order chi connectivity index (χ0) is 25.3. The smallest absolute Gasteiger partial charge is 0.229 e. The number of carbonyl (C=O) groups excluding carboxylic acids is 1. The molecule has 4 rings (SSSR count).